The summed E-state index contributed by atoms with van der Waals surface area (Å²) < 4.78 is 186. The van der Waals surface area contributed by atoms with Gasteiger partial charge in [-0.05, 0) is 118 Å². The Hall–Kier alpha value is -9.38. The van der Waals surface area contributed by atoms with E-state index in [4.69, 9.17) is 16.4 Å². The Bertz CT molecular complexity index is 5580. The van der Waals surface area contributed by atoms with E-state index in [-0.39, 0.29) is 45.0 Å². The molecule has 0 atom stereocenters. The van der Waals surface area contributed by atoms with Crippen molar-refractivity contribution in [2.45, 2.75) is 52.4 Å². The minimum absolute atomic E-state index is 0.138. The first kappa shape index (κ1) is 29.8. The zero-order chi connectivity index (χ0) is 70.0. The Kier molecular flexibility index (Phi) is 6.52. The van der Waals surface area contributed by atoms with Crippen LogP contribution in [0.2, 0.25) is 0 Å². The number of hydrogen-bond donors (Lipinski definition) is 0. The van der Waals surface area contributed by atoms with Crippen LogP contribution in [-0.4, -0.2) is 8.80 Å². The summed E-state index contributed by atoms with van der Waals surface area (Å²) in [5.74, 6) is 0. The largest absolute Gasteiger partial charge is 0.309 e. The highest BCUT2D eigenvalue weighted by Gasteiger charge is 2.30. The van der Waals surface area contributed by atoms with Crippen molar-refractivity contribution in [1.29, 1.82) is 0 Å². The number of nitrogens with zero attached hydrogens (tertiary/aromatic N) is 4. The summed E-state index contributed by atoms with van der Waals surface area (Å²) in [6.07, 6.45) is 0. The lowest BCUT2D eigenvalue weighted by Gasteiger charge is -2.29. The van der Waals surface area contributed by atoms with E-state index < -0.39 is 132 Å². The molecule has 15 rings (SSSR count). The molecule has 0 N–H and O–H groups in total. The van der Waals surface area contributed by atoms with Gasteiger partial charge in [-0.1, -0.05) is 199 Å². The molecule has 0 saturated carbocycles. The maximum absolute atomic E-state index is 9.63. The topological polar surface area (TPSA) is 15.3 Å². The van der Waals surface area contributed by atoms with Crippen LogP contribution < -0.4 is 9.80 Å². The smallest absolute Gasteiger partial charge is 0.0645 e. The zero-order valence-corrected chi connectivity index (χ0v) is 43.3. The molecule has 4 aromatic heterocycles. The fourth-order valence-electron chi connectivity index (χ4n) is 11.9. The molecule has 0 spiro atoms. The van der Waals surface area contributed by atoms with E-state index in [0.29, 0.717) is 33.2 Å². The van der Waals surface area contributed by atoms with Crippen molar-refractivity contribution in [3.05, 3.63) is 253 Å². The third-order valence-electron chi connectivity index (χ3n) is 15.4. The van der Waals surface area contributed by atoms with Gasteiger partial charge < -0.3 is 18.6 Å². The quantitative estimate of drug-likeness (QED) is 0.151. The van der Waals surface area contributed by atoms with Crippen LogP contribution in [0.1, 0.15) is 80.1 Å². The number of hydrogen-bond acceptors (Lipinski definition) is 2. The van der Waals surface area contributed by atoms with Gasteiger partial charge in [0, 0.05) is 65.6 Å². The predicted molar refractivity (Wildman–Crippen MR) is 333 cm³/mol. The highest BCUT2D eigenvalue weighted by atomic mass is 15.2. The molecular weight excluding hydrogens is 945 g/mol. The normalized spacial score (nSPS) is 16.1. The van der Waals surface area contributed by atoms with Crippen LogP contribution in [0.5, 0.6) is 0 Å². The fraction of sp³-hybridized carbons (Fsp3) is 0.108. The minimum atomic E-state index is -0.625. The summed E-state index contributed by atoms with van der Waals surface area (Å²) in [4.78, 5) is 3.12. The van der Waals surface area contributed by atoms with Crippen LogP contribution in [0.25, 0.3) is 98.4 Å². The lowest BCUT2D eigenvalue weighted by atomic mass is 9.86. The van der Waals surface area contributed by atoms with E-state index in [1.165, 1.54) is 0 Å². The maximum Gasteiger partial charge on any atom is 0.0645 e. The Morgan fingerprint density at radius 2 is 0.705 bits per heavy atom. The van der Waals surface area contributed by atoms with Crippen molar-refractivity contribution >= 4 is 110 Å². The first-order valence-electron chi connectivity index (χ1n) is 35.8. The average Bonchev–Trinajstić information content (AvgIpc) is 1.51. The summed E-state index contributed by atoms with van der Waals surface area (Å²) in [6, 6.07) is 25.9. The van der Waals surface area contributed by atoms with Crippen molar-refractivity contribution in [2.75, 3.05) is 9.80 Å². The monoisotopic (exact) mass is 1020 g/mol. The van der Waals surface area contributed by atoms with E-state index in [9.17, 15) is 11.0 Å². The number of aromatic nitrogens is 2. The standard InChI is InChI=1S/C74H58N4/c1-73(2,3)49-35-39-63-59(43-49)69-65(75(51-27-15-9-16-28-51)61-33-21-19-31-53(61)47-23-11-7-12-24-47)41-37-55-57-46-68-58(45-67(57)77(63)71(55)69)56-38-42-66(70-60-44-50(74(4,5)6)36-40-64(60)78(68)72(56)70)76(52-29-17-10-18-30-52)62-34-22-20-32-54(62)48-25-13-8-14-26-48/h7-46H,1-6H3/i7D,8D,9D,10D,11D,12D,13D,14D,15D,16D,17D,18D,23D,24D,25D,26D,27D,28D,29D,30D. The van der Waals surface area contributed by atoms with Gasteiger partial charge in [-0.3, -0.25) is 0 Å². The van der Waals surface area contributed by atoms with Crippen LogP contribution in [0, 0.1) is 0 Å². The second-order valence-electron chi connectivity index (χ2n) is 21.9. The molecule has 15 aromatic rings. The number of anilines is 6. The van der Waals surface area contributed by atoms with Gasteiger partial charge in [0.05, 0.1) is 83.3 Å². The molecule has 0 aliphatic heterocycles. The first-order valence-corrected chi connectivity index (χ1v) is 25.8. The minimum Gasteiger partial charge on any atom is -0.309 e. The first-order chi connectivity index (χ1) is 46.3. The summed E-state index contributed by atoms with van der Waals surface area (Å²) >= 11 is 0. The van der Waals surface area contributed by atoms with Crippen molar-refractivity contribution in [2.24, 2.45) is 0 Å². The average molecular weight is 1020 g/mol. The predicted octanol–water partition coefficient (Wildman–Crippen LogP) is 20.9. The molecule has 374 valence electrons. The van der Waals surface area contributed by atoms with E-state index in [0.717, 1.165) is 65.5 Å². The zero-order valence-electron chi connectivity index (χ0n) is 63.3. The number of rotatable bonds is 8. The van der Waals surface area contributed by atoms with Gasteiger partial charge >= 0.3 is 0 Å². The van der Waals surface area contributed by atoms with Gasteiger partial charge in [0.1, 0.15) is 0 Å². The number of fused-ring (bicyclic) bond motifs is 12. The summed E-state index contributed by atoms with van der Waals surface area (Å²) in [5.41, 5.74) is 6.11. The van der Waals surface area contributed by atoms with E-state index in [1.807, 2.05) is 36.4 Å². The molecule has 0 saturated heterocycles. The Labute approximate surface area is 483 Å². The molecule has 4 nitrogen and oxygen atoms in total. The van der Waals surface area contributed by atoms with Crippen LogP contribution in [0.15, 0.2) is 242 Å². The van der Waals surface area contributed by atoms with Gasteiger partial charge in [-0.25, -0.2) is 0 Å². The van der Waals surface area contributed by atoms with Gasteiger partial charge in [0.25, 0.3) is 0 Å². The Morgan fingerprint density at radius 3 is 1.09 bits per heavy atom. The van der Waals surface area contributed by atoms with Crippen LogP contribution in [0.3, 0.4) is 0 Å². The van der Waals surface area contributed by atoms with Crippen molar-refractivity contribution in [3.63, 3.8) is 0 Å². The third-order valence-corrected chi connectivity index (χ3v) is 15.4. The molecule has 0 fully saturated rings. The molecule has 0 amide bonds. The fourth-order valence-corrected chi connectivity index (χ4v) is 11.9. The molecule has 78 heavy (non-hydrogen) atoms. The Morgan fingerprint density at radius 1 is 0.333 bits per heavy atom. The molecular formula is C74H58N4. The SMILES string of the molecule is [2H]c1c([2H])c([2H])c(-c2ccccc2N(c2c([2H])c([2H])c([2H])c([2H])c2[2H])c2ccc3c4cc5c(cc4n4c6ccc(C(C)(C)C)cc6c2c34)c2ccc(N(c3ccccc3-c3c([2H])c([2H])c([2H])c([2H])c3[2H])c3c([2H])c([2H])c([2H])c([2H])c3[2H])c3c4cc(C(C)(C)C)ccc4n5c23)c([2H])c1[2H]. The van der Waals surface area contributed by atoms with Gasteiger partial charge in [0.15, 0.2) is 0 Å². The molecule has 0 aliphatic rings. The van der Waals surface area contributed by atoms with Gasteiger partial charge in [-0.15, -0.1) is 0 Å². The Balaban J connectivity index is 1.08. The number of para-hydroxylation sites is 4. The highest BCUT2D eigenvalue weighted by molar-refractivity contribution is 6.32. The lowest BCUT2D eigenvalue weighted by molar-refractivity contribution is 0.591. The highest BCUT2D eigenvalue weighted by Crippen LogP contribution is 2.53. The summed E-state index contributed by atoms with van der Waals surface area (Å²) in [6.45, 7) is 12.6. The second-order valence-corrected chi connectivity index (χ2v) is 21.9. The van der Waals surface area contributed by atoms with Crippen molar-refractivity contribution in [3.8, 4) is 22.3 Å². The van der Waals surface area contributed by atoms with E-state index in [1.54, 1.807) is 58.3 Å². The van der Waals surface area contributed by atoms with Crippen molar-refractivity contribution < 1.29 is 27.4 Å². The molecule has 11 aromatic carbocycles. The van der Waals surface area contributed by atoms with E-state index >= 15 is 0 Å². The lowest BCUT2D eigenvalue weighted by Crippen LogP contribution is -2.12. The van der Waals surface area contributed by atoms with Crippen LogP contribution in [-0.2, 0) is 10.8 Å². The summed E-state index contributed by atoms with van der Waals surface area (Å²) in [5, 5.41) is 5.85. The van der Waals surface area contributed by atoms with Gasteiger partial charge in [-0.2, -0.15) is 0 Å². The van der Waals surface area contributed by atoms with Crippen LogP contribution >= 0.6 is 0 Å². The van der Waals surface area contributed by atoms with Crippen LogP contribution in [0.4, 0.5) is 34.1 Å². The molecule has 0 bridgehead atoms. The molecule has 4 heterocycles. The van der Waals surface area contributed by atoms with Crippen molar-refractivity contribution in [1.82, 2.24) is 8.80 Å². The maximum atomic E-state index is 9.63. The van der Waals surface area contributed by atoms with Gasteiger partial charge in [0.2, 0.25) is 0 Å². The molecule has 4 heteroatoms. The van der Waals surface area contributed by atoms with E-state index in [2.05, 4.69) is 86.7 Å². The molecule has 0 radical (unpaired) electrons. The molecule has 0 unspecified atom stereocenters. The number of benzene rings is 11. The summed E-state index contributed by atoms with van der Waals surface area (Å²) in [7, 11) is 0. The second kappa shape index (κ2) is 17.1. The molecule has 0 aliphatic carbocycles. The third kappa shape index (κ3) is 6.85.